The zero-order valence-corrected chi connectivity index (χ0v) is 13.8. The number of nitrogens with zero attached hydrogens (tertiary/aromatic N) is 2. The van der Waals surface area contributed by atoms with Crippen molar-refractivity contribution in [1.82, 2.24) is 15.1 Å². The Morgan fingerprint density at radius 3 is 2.52 bits per heavy atom. The van der Waals surface area contributed by atoms with Crippen LogP contribution >= 0.6 is 15.9 Å². The fourth-order valence-electron chi connectivity index (χ4n) is 3.18. The molecular weight excluding hydrogens is 330 g/mol. The van der Waals surface area contributed by atoms with Gasteiger partial charge >= 0.3 is 0 Å². The van der Waals surface area contributed by atoms with Crippen LogP contribution in [0.4, 0.5) is 0 Å². The van der Waals surface area contributed by atoms with Gasteiger partial charge in [-0.3, -0.25) is 9.69 Å². The number of hydrogen-bond donors (Lipinski definition) is 1. The molecule has 1 aromatic rings. The van der Waals surface area contributed by atoms with Crippen LogP contribution in [0.3, 0.4) is 0 Å². The van der Waals surface area contributed by atoms with Crippen LogP contribution in [0, 0.1) is 0 Å². The zero-order valence-electron chi connectivity index (χ0n) is 12.2. The van der Waals surface area contributed by atoms with E-state index < -0.39 is 0 Å². The van der Waals surface area contributed by atoms with Crippen molar-refractivity contribution in [2.75, 3.05) is 39.3 Å². The number of hydrogen-bond acceptors (Lipinski definition) is 3. The van der Waals surface area contributed by atoms with Crippen LogP contribution in [0.25, 0.3) is 0 Å². The number of nitrogens with one attached hydrogen (secondary N) is 1. The van der Waals surface area contributed by atoms with Crippen molar-refractivity contribution >= 4 is 21.8 Å². The Morgan fingerprint density at radius 2 is 1.90 bits per heavy atom. The highest BCUT2D eigenvalue weighted by Gasteiger charge is 2.27. The molecule has 0 radical (unpaired) electrons. The first-order valence-corrected chi connectivity index (χ1v) is 8.48. The zero-order chi connectivity index (χ0) is 14.7. The maximum absolute atomic E-state index is 12.4. The van der Waals surface area contributed by atoms with Crippen LogP contribution < -0.4 is 5.32 Å². The molecule has 4 nitrogen and oxygen atoms in total. The molecule has 1 aromatic carbocycles. The third-order valence-electron chi connectivity index (χ3n) is 4.49. The summed E-state index contributed by atoms with van der Waals surface area (Å²) in [4.78, 5) is 16.9. The predicted octanol–water partition coefficient (Wildman–Crippen LogP) is 1.50. The SMILES string of the molecule is O=C(Cc1ccc(Br)cc1)N1CCN(C2CCNC2)CC1. The van der Waals surface area contributed by atoms with Crippen molar-refractivity contribution in [1.29, 1.82) is 0 Å². The number of rotatable bonds is 3. The fourth-order valence-corrected chi connectivity index (χ4v) is 3.44. The molecule has 21 heavy (non-hydrogen) atoms. The van der Waals surface area contributed by atoms with Gasteiger partial charge < -0.3 is 10.2 Å². The number of halogens is 1. The maximum atomic E-state index is 12.4. The van der Waals surface area contributed by atoms with Crippen LogP contribution in [0.5, 0.6) is 0 Å². The minimum atomic E-state index is 0.251. The molecule has 5 heteroatoms. The molecule has 2 saturated heterocycles. The Bertz CT molecular complexity index is 477. The van der Waals surface area contributed by atoms with E-state index in [1.54, 1.807) is 0 Å². The summed E-state index contributed by atoms with van der Waals surface area (Å²) >= 11 is 3.42. The Morgan fingerprint density at radius 1 is 1.19 bits per heavy atom. The number of benzene rings is 1. The second-order valence-electron chi connectivity index (χ2n) is 5.87. The lowest BCUT2D eigenvalue weighted by Gasteiger charge is -2.37. The van der Waals surface area contributed by atoms with Gasteiger partial charge in [0.2, 0.25) is 5.91 Å². The van der Waals surface area contributed by atoms with E-state index in [1.165, 1.54) is 6.42 Å². The van der Waals surface area contributed by atoms with Crippen molar-refractivity contribution in [2.45, 2.75) is 18.9 Å². The normalized spacial score (nSPS) is 23.5. The highest BCUT2D eigenvalue weighted by molar-refractivity contribution is 9.10. The Labute approximate surface area is 134 Å². The third kappa shape index (κ3) is 3.84. The lowest BCUT2D eigenvalue weighted by Crippen LogP contribution is -2.52. The van der Waals surface area contributed by atoms with Crippen molar-refractivity contribution in [3.8, 4) is 0 Å². The average molecular weight is 352 g/mol. The molecule has 2 aliphatic rings. The summed E-state index contributed by atoms with van der Waals surface area (Å²) in [6.07, 6.45) is 1.76. The molecule has 1 amide bonds. The molecule has 0 bridgehead atoms. The Balaban J connectivity index is 1.49. The van der Waals surface area contributed by atoms with Crippen LogP contribution in [0.15, 0.2) is 28.7 Å². The van der Waals surface area contributed by atoms with E-state index in [2.05, 4.69) is 26.1 Å². The number of carbonyl (C=O) groups is 1. The first kappa shape index (κ1) is 15.0. The summed E-state index contributed by atoms with van der Waals surface area (Å²) in [6, 6.07) is 8.69. The van der Waals surface area contributed by atoms with Gasteiger partial charge in [0.25, 0.3) is 0 Å². The van der Waals surface area contributed by atoms with Crippen molar-refractivity contribution < 1.29 is 4.79 Å². The molecule has 3 rings (SSSR count). The van der Waals surface area contributed by atoms with Gasteiger partial charge in [-0.25, -0.2) is 0 Å². The van der Waals surface area contributed by atoms with Gasteiger partial charge in [-0.15, -0.1) is 0 Å². The molecule has 1 N–H and O–H groups in total. The quantitative estimate of drug-likeness (QED) is 0.896. The van der Waals surface area contributed by atoms with E-state index in [0.29, 0.717) is 12.5 Å². The monoisotopic (exact) mass is 351 g/mol. The van der Waals surface area contributed by atoms with E-state index in [-0.39, 0.29) is 5.91 Å². The number of carbonyl (C=O) groups excluding carboxylic acids is 1. The minimum absolute atomic E-state index is 0.251. The van der Waals surface area contributed by atoms with Crippen molar-refractivity contribution in [3.05, 3.63) is 34.3 Å². The summed E-state index contributed by atoms with van der Waals surface area (Å²) in [5.41, 5.74) is 1.09. The third-order valence-corrected chi connectivity index (χ3v) is 5.01. The van der Waals surface area contributed by atoms with Crippen LogP contribution in [-0.2, 0) is 11.2 Å². The fraction of sp³-hybridized carbons (Fsp3) is 0.562. The van der Waals surface area contributed by atoms with Gasteiger partial charge in [-0.1, -0.05) is 28.1 Å². The number of amides is 1. The van der Waals surface area contributed by atoms with E-state index in [0.717, 1.165) is 49.3 Å². The molecule has 0 aromatic heterocycles. The lowest BCUT2D eigenvalue weighted by atomic mass is 10.1. The molecule has 2 fully saturated rings. The van der Waals surface area contributed by atoms with Crippen molar-refractivity contribution in [2.24, 2.45) is 0 Å². The van der Waals surface area contributed by atoms with Gasteiger partial charge in [-0.05, 0) is 30.7 Å². The molecule has 1 atom stereocenters. The first-order valence-electron chi connectivity index (χ1n) is 7.69. The lowest BCUT2D eigenvalue weighted by molar-refractivity contribution is -0.132. The summed E-state index contributed by atoms with van der Waals surface area (Å²) < 4.78 is 1.05. The molecule has 0 saturated carbocycles. The summed E-state index contributed by atoms with van der Waals surface area (Å²) in [7, 11) is 0. The summed E-state index contributed by atoms with van der Waals surface area (Å²) in [5, 5.41) is 3.41. The average Bonchev–Trinajstić information content (AvgIpc) is 3.04. The van der Waals surface area contributed by atoms with E-state index >= 15 is 0 Å². The second kappa shape index (κ2) is 6.90. The number of piperazine rings is 1. The van der Waals surface area contributed by atoms with Crippen LogP contribution in [0.2, 0.25) is 0 Å². The van der Waals surface area contributed by atoms with E-state index in [1.807, 2.05) is 29.2 Å². The summed E-state index contributed by atoms with van der Waals surface area (Å²) in [6.45, 7) is 5.99. The highest BCUT2D eigenvalue weighted by atomic mass is 79.9. The van der Waals surface area contributed by atoms with Gasteiger partial charge in [0.1, 0.15) is 0 Å². The molecule has 0 aliphatic carbocycles. The molecule has 114 valence electrons. The van der Waals surface area contributed by atoms with Gasteiger partial charge in [0.15, 0.2) is 0 Å². The van der Waals surface area contributed by atoms with Gasteiger partial charge in [-0.2, -0.15) is 0 Å². The standard InChI is InChI=1S/C16H22BrN3O/c17-14-3-1-13(2-4-14)11-16(21)20-9-7-19(8-10-20)15-5-6-18-12-15/h1-4,15,18H,5-12H2. The molecule has 1 unspecified atom stereocenters. The Hall–Kier alpha value is -0.910. The smallest absolute Gasteiger partial charge is 0.227 e. The first-order chi connectivity index (χ1) is 10.2. The maximum Gasteiger partial charge on any atom is 0.227 e. The largest absolute Gasteiger partial charge is 0.340 e. The van der Waals surface area contributed by atoms with Crippen LogP contribution in [-0.4, -0.2) is 61.0 Å². The van der Waals surface area contributed by atoms with Crippen LogP contribution in [0.1, 0.15) is 12.0 Å². The molecular formula is C16H22BrN3O. The molecule has 2 heterocycles. The second-order valence-corrected chi connectivity index (χ2v) is 6.78. The van der Waals surface area contributed by atoms with Gasteiger partial charge in [0.05, 0.1) is 6.42 Å². The van der Waals surface area contributed by atoms with Crippen molar-refractivity contribution in [3.63, 3.8) is 0 Å². The van der Waals surface area contributed by atoms with Gasteiger partial charge in [0, 0.05) is 43.2 Å². The predicted molar refractivity (Wildman–Crippen MR) is 87.3 cm³/mol. The van der Waals surface area contributed by atoms with E-state index in [4.69, 9.17) is 0 Å². The highest BCUT2D eigenvalue weighted by Crippen LogP contribution is 2.14. The van der Waals surface area contributed by atoms with E-state index in [9.17, 15) is 4.79 Å². The Kier molecular flexibility index (Phi) is 4.93. The molecule has 2 aliphatic heterocycles. The molecule has 0 spiro atoms. The summed E-state index contributed by atoms with van der Waals surface area (Å²) in [5.74, 6) is 0.251. The minimum Gasteiger partial charge on any atom is -0.340 e. The topological polar surface area (TPSA) is 35.6 Å².